The number of benzene rings is 7. The summed E-state index contributed by atoms with van der Waals surface area (Å²) in [7, 11) is 0. The van der Waals surface area contributed by atoms with Gasteiger partial charge >= 0.3 is 0 Å². The van der Waals surface area contributed by atoms with E-state index in [1.807, 2.05) is 35.6 Å². The second-order valence-electron chi connectivity index (χ2n) is 12.7. The molecule has 4 heterocycles. The summed E-state index contributed by atoms with van der Waals surface area (Å²) in [6.07, 6.45) is 0. The van der Waals surface area contributed by atoms with Crippen LogP contribution in [-0.4, -0.2) is 9.13 Å². The molecular weight excluding hydrogens is 649 g/mol. The lowest BCUT2D eigenvalue weighted by molar-refractivity contribution is 1.18. The summed E-state index contributed by atoms with van der Waals surface area (Å²) in [4.78, 5) is 3.82. The first-order chi connectivity index (χ1) is 24.7. The minimum Gasteiger partial charge on any atom is -0.309 e. The number of aromatic nitrogens is 2. The number of fused-ring (bicyclic) bond motifs is 12. The number of thiophene rings is 2. The topological polar surface area (TPSA) is 38.0 Å². The summed E-state index contributed by atoms with van der Waals surface area (Å²) in [5, 5.41) is 19.1. The van der Waals surface area contributed by atoms with E-state index in [9.17, 15) is 5.26 Å². The lowest BCUT2D eigenvalue weighted by Gasteiger charge is -2.10. The zero-order valence-electron chi connectivity index (χ0n) is 26.3. The van der Waals surface area contributed by atoms with Crippen LogP contribution in [0.3, 0.4) is 0 Å². The molecule has 11 rings (SSSR count). The molecular formula is C44H22N4S2. The average Bonchev–Trinajstić information content (AvgIpc) is 3.90. The van der Waals surface area contributed by atoms with Crippen molar-refractivity contribution in [2.75, 3.05) is 0 Å². The maximum absolute atomic E-state index is 9.63. The van der Waals surface area contributed by atoms with Gasteiger partial charge in [0, 0.05) is 62.5 Å². The van der Waals surface area contributed by atoms with E-state index < -0.39 is 0 Å². The fraction of sp³-hybridized carbons (Fsp3) is 0. The highest BCUT2D eigenvalue weighted by Gasteiger charge is 2.18. The molecule has 6 heteroatoms. The molecule has 0 saturated carbocycles. The molecule has 0 unspecified atom stereocenters. The van der Waals surface area contributed by atoms with Gasteiger partial charge in [-0.25, -0.2) is 4.85 Å². The van der Waals surface area contributed by atoms with Gasteiger partial charge in [0.2, 0.25) is 5.69 Å². The summed E-state index contributed by atoms with van der Waals surface area (Å²) in [6.45, 7) is 7.73. The Morgan fingerprint density at radius 1 is 0.480 bits per heavy atom. The Morgan fingerprint density at radius 2 is 1.08 bits per heavy atom. The smallest absolute Gasteiger partial charge is 0.204 e. The van der Waals surface area contributed by atoms with Crippen LogP contribution in [0.2, 0.25) is 0 Å². The third kappa shape index (κ3) is 3.67. The molecule has 0 amide bonds. The summed E-state index contributed by atoms with van der Waals surface area (Å²) in [6, 6.07) is 49.7. The minimum atomic E-state index is 0.665. The first-order valence-electron chi connectivity index (χ1n) is 16.3. The molecule has 4 nitrogen and oxygen atoms in total. The maximum atomic E-state index is 9.63. The van der Waals surface area contributed by atoms with E-state index in [0.717, 1.165) is 48.8 Å². The van der Waals surface area contributed by atoms with E-state index in [-0.39, 0.29) is 0 Å². The molecule has 0 bridgehead atoms. The van der Waals surface area contributed by atoms with Crippen LogP contribution in [0.4, 0.5) is 5.69 Å². The molecule has 0 atom stereocenters. The number of nitrogens with zero attached hydrogens (tertiary/aromatic N) is 4. The first kappa shape index (κ1) is 27.5. The molecule has 4 aromatic heterocycles. The van der Waals surface area contributed by atoms with Gasteiger partial charge in [-0.3, -0.25) is 0 Å². The molecule has 11 aromatic rings. The van der Waals surface area contributed by atoms with Gasteiger partial charge in [-0.2, -0.15) is 5.26 Å². The molecule has 0 spiro atoms. The first-order valence-corrected chi connectivity index (χ1v) is 18.0. The van der Waals surface area contributed by atoms with E-state index >= 15 is 0 Å². The number of para-hydroxylation sites is 2. The Bertz CT molecular complexity index is 3360. The molecule has 230 valence electrons. The molecule has 0 aliphatic rings. The van der Waals surface area contributed by atoms with Crippen molar-refractivity contribution in [1.82, 2.24) is 9.13 Å². The van der Waals surface area contributed by atoms with Crippen molar-refractivity contribution in [3.8, 4) is 17.4 Å². The zero-order valence-corrected chi connectivity index (χ0v) is 27.9. The van der Waals surface area contributed by atoms with Crippen LogP contribution in [0.25, 0.3) is 100 Å². The van der Waals surface area contributed by atoms with E-state index in [1.54, 1.807) is 11.3 Å². The third-order valence-electron chi connectivity index (χ3n) is 10.1. The molecule has 0 aliphatic heterocycles. The van der Waals surface area contributed by atoms with Crippen molar-refractivity contribution in [2.45, 2.75) is 0 Å². The van der Waals surface area contributed by atoms with Crippen LogP contribution >= 0.6 is 22.7 Å². The second-order valence-corrected chi connectivity index (χ2v) is 14.9. The summed E-state index contributed by atoms with van der Waals surface area (Å²) in [5.74, 6) is 0. The molecule has 7 aromatic carbocycles. The molecule has 0 saturated heterocycles. The Labute approximate surface area is 293 Å². The van der Waals surface area contributed by atoms with Gasteiger partial charge in [0.15, 0.2) is 0 Å². The van der Waals surface area contributed by atoms with Crippen molar-refractivity contribution in [2.24, 2.45) is 0 Å². The fourth-order valence-corrected chi connectivity index (χ4v) is 10.2. The Morgan fingerprint density at radius 3 is 1.76 bits per heavy atom. The largest absolute Gasteiger partial charge is 0.309 e. The average molecular weight is 671 g/mol. The summed E-state index contributed by atoms with van der Waals surface area (Å²) < 4.78 is 9.46. The van der Waals surface area contributed by atoms with Gasteiger partial charge in [-0.05, 0) is 89.6 Å². The van der Waals surface area contributed by atoms with Gasteiger partial charge in [-0.15, -0.1) is 22.7 Å². The Hall–Kier alpha value is -6.44. The van der Waals surface area contributed by atoms with Crippen molar-refractivity contribution in [1.29, 1.82) is 5.26 Å². The normalized spacial score (nSPS) is 12.0. The quantitative estimate of drug-likeness (QED) is 0.169. The van der Waals surface area contributed by atoms with E-state index in [4.69, 9.17) is 6.57 Å². The Balaban J connectivity index is 1.16. The number of hydrogen-bond acceptors (Lipinski definition) is 3. The van der Waals surface area contributed by atoms with Gasteiger partial charge in [0.1, 0.15) is 0 Å². The van der Waals surface area contributed by atoms with E-state index in [1.165, 1.54) is 46.5 Å². The zero-order chi connectivity index (χ0) is 33.1. The minimum absolute atomic E-state index is 0.665. The van der Waals surface area contributed by atoms with Crippen molar-refractivity contribution < 1.29 is 0 Å². The van der Waals surface area contributed by atoms with Crippen molar-refractivity contribution >= 4 is 112 Å². The van der Waals surface area contributed by atoms with Crippen LogP contribution in [0.15, 0.2) is 133 Å². The van der Waals surface area contributed by atoms with Crippen LogP contribution in [-0.2, 0) is 0 Å². The van der Waals surface area contributed by atoms with Gasteiger partial charge in [-0.1, -0.05) is 54.6 Å². The lowest BCUT2D eigenvalue weighted by atomic mass is 10.1. The van der Waals surface area contributed by atoms with E-state index in [2.05, 4.69) is 129 Å². The highest BCUT2D eigenvalue weighted by molar-refractivity contribution is 7.26. The highest BCUT2D eigenvalue weighted by atomic mass is 32.1. The highest BCUT2D eigenvalue weighted by Crippen LogP contribution is 2.44. The number of rotatable bonds is 2. The monoisotopic (exact) mass is 670 g/mol. The number of hydrogen-bond donors (Lipinski definition) is 0. The fourth-order valence-electron chi connectivity index (χ4n) is 7.96. The van der Waals surface area contributed by atoms with Crippen molar-refractivity contribution in [3.05, 3.63) is 150 Å². The molecule has 50 heavy (non-hydrogen) atoms. The van der Waals surface area contributed by atoms with Crippen LogP contribution < -0.4 is 0 Å². The van der Waals surface area contributed by atoms with Gasteiger partial charge in [0.25, 0.3) is 0 Å². The van der Waals surface area contributed by atoms with Gasteiger partial charge < -0.3 is 9.13 Å². The van der Waals surface area contributed by atoms with Gasteiger partial charge in [0.05, 0.1) is 40.3 Å². The van der Waals surface area contributed by atoms with Crippen molar-refractivity contribution in [3.63, 3.8) is 0 Å². The van der Waals surface area contributed by atoms with Crippen LogP contribution in [0.5, 0.6) is 0 Å². The molecule has 0 aliphatic carbocycles. The summed E-state index contributed by atoms with van der Waals surface area (Å²) >= 11 is 3.53. The van der Waals surface area contributed by atoms with Crippen LogP contribution in [0, 0.1) is 17.9 Å². The predicted molar refractivity (Wildman–Crippen MR) is 212 cm³/mol. The standard InChI is InChI=1S/C44H22N4S2/c1-46-36-10-6-9-30-35-22-32-29-8-3-5-12-38(29)48(40(32)23-43(35)50-44(30)36)27-15-18-42-34(21-27)33-20-26(14-17-41(33)49-42)47-37-11-4-2-7-28(37)31-19-25(24-45)13-16-39(31)47/h2-23H. The predicted octanol–water partition coefficient (Wildman–Crippen LogP) is 13.0. The molecule has 0 fully saturated rings. The maximum Gasteiger partial charge on any atom is 0.204 e. The lowest BCUT2D eigenvalue weighted by Crippen LogP contribution is -1.94. The third-order valence-corrected chi connectivity index (χ3v) is 12.5. The SMILES string of the molecule is [C-]#[N+]c1cccc2c1sc1cc3c(cc12)c1ccccc1n3-c1ccc2sc3ccc(-n4c5ccccc5c5cc(C#N)ccc54)cc3c2c1. The Kier molecular flexibility index (Phi) is 5.52. The van der Waals surface area contributed by atoms with E-state index in [0.29, 0.717) is 11.3 Å². The number of nitriles is 1. The molecule has 0 radical (unpaired) electrons. The molecule has 0 N–H and O–H groups in total. The second kappa shape index (κ2) is 10.0. The summed E-state index contributed by atoms with van der Waals surface area (Å²) in [5.41, 5.74) is 8.15. The van der Waals surface area contributed by atoms with Crippen LogP contribution in [0.1, 0.15) is 5.56 Å².